The number of ketones is 1. The van der Waals surface area contributed by atoms with Gasteiger partial charge in [-0.25, -0.2) is 8.42 Å². The Morgan fingerprint density at radius 2 is 1.64 bits per heavy atom. The van der Waals surface area contributed by atoms with E-state index in [2.05, 4.69) is 0 Å². The van der Waals surface area contributed by atoms with Crippen LogP contribution in [0, 0.1) is 0 Å². The Kier molecular flexibility index (Phi) is 3.98. The number of para-hydroxylation sites is 1. The molecule has 4 nitrogen and oxygen atoms in total. The van der Waals surface area contributed by atoms with Gasteiger partial charge in [-0.2, -0.15) is 0 Å². The van der Waals surface area contributed by atoms with Gasteiger partial charge in [0.1, 0.15) is 5.78 Å². The molecule has 0 aromatic heterocycles. The zero-order valence-corrected chi connectivity index (χ0v) is 12.9. The highest BCUT2D eigenvalue weighted by Gasteiger charge is 2.28. The van der Waals surface area contributed by atoms with E-state index in [4.69, 9.17) is 0 Å². The van der Waals surface area contributed by atoms with Crippen molar-refractivity contribution < 1.29 is 13.2 Å². The third kappa shape index (κ3) is 3.04. The molecule has 0 atom stereocenters. The number of benzene rings is 2. The van der Waals surface area contributed by atoms with Crippen LogP contribution in [0.15, 0.2) is 54.6 Å². The molecule has 1 heterocycles. The van der Waals surface area contributed by atoms with Crippen molar-refractivity contribution in [2.45, 2.75) is 18.6 Å². The van der Waals surface area contributed by atoms with E-state index < -0.39 is 10.0 Å². The second kappa shape index (κ2) is 5.93. The van der Waals surface area contributed by atoms with E-state index >= 15 is 0 Å². The van der Waals surface area contributed by atoms with Gasteiger partial charge in [0.25, 0.3) is 0 Å². The minimum absolute atomic E-state index is 0.0592. The van der Waals surface area contributed by atoms with Crippen molar-refractivity contribution in [2.75, 3.05) is 10.8 Å². The van der Waals surface area contributed by atoms with E-state index in [9.17, 15) is 13.2 Å². The van der Waals surface area contributed by atoms with Crippen LogP contribution < -0.4 is 4.31 Å². The van der Waals surface area contributed by atoms with E-state index in [0.717, 1.165) is 11.1 Å². The molecule has 3 rings (SSSR count). The summed E-state index contributed by atoms with van der Waals surface area (Å²) in [6.45, 7) is 0.213. The van der Waals surface area contributed by atoms with Crippen LogP contribution in [-0.2, 0) is 27.0 Å². The van der Waals surface area contributed by atoms with Crippen molar-refractivity contribution in [3.63, 3.8) is 0 Å². The number of anilines is 1. The Bertz CT molecular complexity index is 785. The van der Waals surface area contributed by atoms with Gasteiger partial charge < -0.3 is 0 Å². The van der Waals surface area contributed by atoms with Crippen molar-refractivity contribution in [3.05, 3.63) is 65.7 Å². The molecular weight excluding hydrogens is 298 g/mol. The van der Waals surface area contributed by atoms with Gasteiger partial charge >= 0.3 is 0 Å². The molecule has 0 aliphatic carbocycles. The van der Waals surface area contributed by atoms with E-state index in [1.165, 1.54) is 4.31 Å². The smallest absolute Gasteiger partial charge is 0.239 e. The molecule has 0 spiro atoms. The Hall–Kier alpha value is -2.14. The fourth-order valence-electron chi connectivity index (χ4n) is 2.70. The number of rotatable bonds is 3. The van der Waals surface area contributed by atoms with Gasteiger partial charge in [0.2, 0.25) is 10.0 Å². The van der Waals surface area contributed by atoms with Crippen LogP contribution in [-0.4, -0.2) is 20.7 Å². The predicted octanol–water partition coefficient (Wildman–Crippen LogP) is 2.54. The number of hydrogen-bond donors (Lipinski definition) is 0. The number of nitrogens with zero attached hydrogens (tertiary/aromatic N) is 1. The average Bonchev–Trinajstić information content (AvgIpc) is 2.66. The van der Waals surface area contributed by atoms with Crippen LogP contribution in [0.2, 0.25) is 0 Å². The molecule has 5 heteroatoms. The number of sulfonamides is 1. The van der Waals surface area contributed by atoms with E-state index in [-0.39, 0.29) is 24.5 Å². The fraction of sp³-hybridized carbons (Fsp3) is 0.235. The maximum Gasteiger partial charge on any atom is 0.239 e. The number of Topliss-reactive ketones (excluding diaryl/α,β-unsaturated/α-hetero) is 1. The van der Waals surface area contributed by atoms with Crippen LogP contribution in [0.5, 0.6) is 0 Å². The minimum atomic E-state index is -3.52. The number of carbonyl (C=O) groups excluding carboxylic acids is 1. The topological polar surface area (TPSA) is 54.5 Å². The zero-order chi connectivity index (χ0) is 15.6. The van der Waals surface area contributed by atoms with Crippen LogP contribution in [0.4, 0.5) is 5.69 Å². The van der Waals surface area contributed by atoms with Crippen molar-refractivity contribution in [1.82, 2.24) is 0 Å². The number of fused-ring (bicyclic) bond motifs is 1. The van der Waals surface area contributed by atoms with Gasteiger partial charge in [0, 0.05) is 19.4 Å². The quantitative estimate of drug-likeness (QED) is 0.874. The lowest BCUT2D eigenvalue weighted by Crippen LogP contribution is -2.33. The zero-order valence-electron chi connectivity index (χ0n) is 12.1. The van der Waals surface area contributed by atoms with Gasteiger partial charge in [-0.3, -0.25) is 9.10 Å². The molecule has 0 bridgehead atoms. The first-order valence-electron chi connectivity index (χ1n) is 7.20. The highest BCUT2D eigenvalue weighted by Crippen LogP contribution is 2.28. The van der Waals surface area contributed by atoms with Crippen molar-refractivity contribution in [2.24, 2.45) is 0 Å². The van der Waals surface area contributed by atoms with Crippen LogP contribution in [0.1, 0.15) is 17.5 Å². The molecular formula is C17H17NO3S. The van der Waals surface area contributed by atoms with Crippen LogP contribution >= 0.6 is 0 Å². The van der Waals surface area contributed by atoms with Crippen molar-refractivity contribution in [3.8, 4) is 0 Å². The second-order valence-corrected chi connectivity index (χ2v) is 7.30. The first-order valence-corrected chi connectivity index (χ1v) is 8.81. The Morgan fingerprint density at radius 3 is 2.41 bits per heavy atom. The molecule has 0 N–H and O–H groups in total. The molecule has 1 aliphatic heterocycles. The first kappa shape index (κ1) is 14.8. The summed E-state index contributed by atoms with van der Waals surface area (Å²) < 4.78 is 27.0. The van der Waals surface area contributed by atoms with Gasteiger partial charge in [0.15, 0.2) is 0 Å². The molecule has 114 valence electrons. The summed E-state index contributed by atoms with van der Waals surface area (Å²) in [6, 6.07) is 16.3. The Balaban J connectivity index is 1.98. The fourth-order valence-corrected chi connectivity index (χ4v) is 4.32. The monoisotopic (exact) mass is 315 g/mol. The van der Waals surface area contributed by atoms with Crippen molar-refractivity contribution in [1.29, 1.82) is 0 Å². The summed E-state index contributed by atoms with van der Waals surface area (Å²) in [5.41, 5.74) is 2.15. The van der Waals surface area contributed by atoms with Gasteiger partial charge in [-0.15, -0.1) is 0 Å². The Labute approximate surface area is 130 Å². The normalized spacial score (nSPS) is 15.3. The highest BCUT2D eigenvalue weighted by atomic mass is 32.2. The molecule has 0 unspecified atom stereocenters. The molecule has 2 aromatic rings. The highest BCUT2D eigenvalue weighted by molar-refractivity contribution is 7.92. The molecule has 1 aliphatic rings. The van der Waals surface area contributed by atoms with E-state index in [0.29, 0.717) is 12.1 Å². The molecule has 0 saturated carbocycles. The van der Waals surface area contributed by atoms with Crippen LogP contribution in [0.25, 0.3) is 0 Å². The summed E-state index contributed by atoms with van der Waals surface area (Å²) in [6.07, 6.45) is 0.552. The minimum Gasteiger partial charge on any atom is -0.299 e. The Morgan fingerprint density at radius 1 is 0.955 bits per heavy atom. The summed E-state index contributed by atoms with van der Waals surface area (Å²) in [7, 11) is -3.52. The maximum atomic E-state index is 12.8. The number of carbonyl (C=O) groups is 1. The molecule has 0 amide bonds. The second-order valence-electron chi connectivity index (χ2n) is 5.41. The lowest BCUT2D eigenvalue weighted by Gasteiger charge is -2.24. The summed E-state index contributed by atoms with van der Waals surface area (Å²) in [5.74, 6) is 0.0148. The summed E-state index contributed by atoms with van der Waals surface area (Å²) in [4.78, 5) is 11.9. The van der Waals surface area contributed by atoms with Crippen molar-refractivity contribution >= 4 is 21.5 Å². The molecule has 0 saturated heterocycles. The van der Waals surface area contributed by atoms with Gasteiger partial charge in [-0.05, 0) is 17.2 Å². The number of hydrogen-bond acceptors (Lipinski definition) is 3. The first-order chi connectivity index (χ1) is 10.6. The lowest BCUT2D eigenvalue weighted by molar-refractivity contribution is -0.118. The lowest BCUT2D eigenvalue weighted by atomic mass is 10.1. The maximum absolute atomic E-state index is 12.8. The van der Waals surface area contributed by atoms with Gasteiger partial charge in [-0.1, -0.05) is 48.5 Å². The van der Waals surface area contributed by atoms with Crippen LogP contribution in [0.3, 0.4) is 0 Å². The van der Waals surface area contributed by atoms with Gasteiger partial charge in [0.05, 0.1) is 11.4 Å². The molecule has 0 fully saturated rings. The average molecular weight is 315 g/mol. The third-order valence-corrected chi connectivity index (χ3v) is 5.52. The molecule has 22 heavy (non-hydrogen) atoms. The summed E-state index contributed by atoms with van der Waals surface area (Å²) >= 11 is 0. The van der Waals surface area contributed by atoms with E-state index in [1.54, 1.807) is 24.3 Å². The summed E-state index contributed by atoms with van der Waals surface area (Å²) in [5, 5.41) is 0. The molecule has 0 radical (unpaired) electrons. The largest absolute Gasteiger partial charge is 0.299 e. The SMILES string of the molecule is O=C1CCN(S(=O)(=O)Cc2ccccc2)c2ccccc2C1. The predicted molar refractivity (Wildman–Crippen MR) is 86.2 cm³/mol. The van der Waals surface area contributed by atoms with E-state index in [1.807, 2.05) is 30.3 Å². The standard InChI is InChI=1S/C17H17NO3S/c19-16-10-11-18(17-9-5-4-8-15(17)12-16)22(20,21)13-14-6-2-1-3-7-14/h1-9H,10-13H2. The third-order valence-electron chi connectivity index (χ3n) is 3.77. The molecule has 2 aromatic carbocycles.